The van der Waals surface area contributed by atoms with Crippen LogP contribution in [0.3, 0.4) is 0 Å². The fourth-order valence-electron chi connectivity index (χ4n) is 2.45. The number of carbonyl (C=O) groups excluding carboxylic acids is 1. The molecule has 0 bridgehead atoms. The monoisotopic (exact) mass is 344 g/mol. The number of hydrogen-bond donors (Lipinski definition) is 1. The summed E-state index contributed by atoms with van der Waals surface area (Å²) in [7, 11) is 0. The number of rotatable bonds is 4. The summed E-state index contributed by atoms with van der Waals surface area (Å²) in [5.41, 5.74) is 2.27. The van der Waals surface area contributed by atoms with Gasteiger partial charge in [-0.1, -0.05) is 42.1 Å². The molecule has 122 valence electrons. The summed E-state index contributed by atoms with van der Waals surface area (Å²) >= 11 is 0.409. The lowest BCUT2D eigenvalue weighted by Crippen LogP contribution is -2.14. The van der Waals surface area contributed by atoms with Gasteiger partial charge in [-0.15, -0.1) is 0 Å². The Labute approximate surface area is 142 Å². The number of thioether (sulfide) groups is 1. The van der Waals surface area contributed by atoms with Gasteiger partial charge in [-0.25, -0.2) is 0 Å². The quantitative estimate of drug-likeness (QED) is 0.669. The maximum absolute atomic E-state index is 12.7. The van der Waals surface area contributed by atoms with E-state index >= 15 is 0 Å². The van der Waals surface area contributed by atoms with E-state index in [2.05, 4.69) is 10.3 Å². The average Bonchev–Trinajstić information content (AvgIpc) is 2.55. The molecule has 0 spiro atoms. The van der Waals surface area contributed by atoms with Crippen molar-refractivity contribution in [1.82, 2.24) is 4.98 Å². The first kappa shape index (κ1) is 16.4. The summed E-state index contributed by atoms with van der Waals surface area (Å²) in [6.07, 6.45) is 0. The van der Waals surface area contributed by atoms with Crippen molar-refractivity contribution in [1.29, 1.82) is 0 Å². The standard InChI is InChI=1S/C18H14F2N2OS/c1-11-10-13(12-6-2-3-7-14(12)21-11)17(23)22-15-8-4-5-9-16(15)24-18(19)20/h2-10,18H,1H3,(H,22,23). The molecule has 6 heteroatoms. The number of benzene rings is 2. The summed E-state index contributed by atoms with van der Waals surface area (Å²) < 4.78 is 25.3. The highest BCUT2D eigenvalue weighted by Crippen LogP contribution is 2.32. The van der Waals surface area contributed by atoms with Gasteiger partial charge < -0.3 is 5.32 Å². The molecule has 1 amide bonds. The highest BCUT2D eigenvalue weighted by Gasteiger charge is 2.15. The molecule has 0 saturated carbocycles. The number of aryl methyl sites for hydroxylation is 1. The fourth-order valence-corrected chi connectivity index (χ4v) is 3.05. The van der Waals surface area contributed by atoms with Crippen LogP contribution >= 0.6 is 11.8 Å². The van der Waals surface area contributed by atoms with Crippen LogP contribution in [0.2, 0.25) is 0 Å². The molecule has 3 aromatic rings. The van der Waals surface area contributed by atoms with E-state index in [1.807, 2.05) is 31.2 Å². The maximum atomic E-state index is 12.7. The zero-order valence-corrected chi connectivity index (χ0v) is 13.6. The number of nitrogens with one attached hydrogen (secondary N) is 1. The summed E-state index contributed by atoms with van der Waals surface area (Å²) in [6, 6.07) is 15.5. The number of carbonyl (C=O) groups is 1. The van der Waals surface area contributed by atoms with E-state index in [0.717, 1.165) is 10.9 Å². The SMILES string of the molecule is Cc1cc(C(=O)Nc2ccccc2SC(F)F)c2ccccc2n1. The lowest BCUT2D eigenvalue weighted by molar-refractivity contribution is 0.102. The van der Waals surface area contributed by atoms with Gasteiger partial charge in [0.25, 0.3) is 11.7 Å². The van der Waals surface area contributed by atoms with Crippen LogP contribution in [0.4, 0.5) is 14.5 Å². The van der Waals surface area contributed by atoms with E-state index in [4.69, 9.17) is 0 Å². The number of alkyl halides is 2. The second kappa shape index (κ2) is 6.97. The normalized spacial score (nSPS) is 11.0. The Bertz CT molecular complexity index is 899. The van der Waals surface area contributed by atoms with Gasteiger partial charge in [0.2, 0.25) is 0 Å². The summed E-state index contributed by atoms with van der Waals surface area (Å²) in [4.78, 5) is 17.4. The van der Waals surface area contributed by atoms with E-state index < -0.39 is 5.76 Å². The lowest BCUT2D eigenvalue weighted by Gasteiger charge is -2.12. The Balaban J connectivity index is 1.97. The number of hydrogen-bond acceptors (Lipinski definition) is 3. The molecule has 3 rings (SSSR count). The number of amides is 1. The van der Waals surface area contributed by atoms with E-state index in [0.29, 0.717) is 33.6 Å². The lowest BCUT2D eigenvalue weighted by atomic mass is 10.1. The smallest absolute Gasteiger partial charge is 0.288 e. The van der Waals surface area contributed by atoms with Gasteiger partial charge in [0.1, 0.15) is 0 Å². The Morgan fingerprint density at radius 1 is 1.12 bits per heavy atom. The maximum Gasteiger partial charge on any atom is 0.288 e. The van der Waals surface area contributed by atoms with Gasteiger partial charge in [0.15, 0.2) is 0 Å². The minimum absolute atomic E-state index is 0.330. The Hall–Kier alpha value is -2.47. The minimum atomic E-state index is -2.55. The van der Waals surface area contributed by atoms with Crippen LogP contribution < -0.4 is 5.32 Å². The molecule has 0 aliphatic carbocycles. The van der Waals surface area contributed by atoms with Crippen molar-refractivity contribution in [2.45, 2.75) is 17.6 Å². The number of halogens is 2. The van der Waals surface area contributed by atoms with Crippen LogP contribution in [0, 0.1) is 6.92 Å². The van der Waals surface area contributed by atoms with Crippen molar-refractivity contribution in [3.05, 3.63) is 65.9 Å². The molecule has 1 heterocycles. The third-order valence-corrected chi connectivity index (χ3v) is 4.23. The van der Waals surface area contributed by atoms with Gasteiger partial charge in [0.05, 0.1) is 16.8 Å². The molecular weight excluding hydrogens is 330 g/mol. The zero-order chi connectivity index (χ0) is 17.1. The molecule has 1 aromatic heterocycles. The zero-order valence-electron chi connectivity index (χ0n) is 12.8. The van der Waals surface area contributed by atoms with Crippen molar-refractivity contribution in [3.63, 3.8) is 0 Å². The van der Waals surface area contributed by atoms with Gasteiger partial charge in [-0.2, -0.15) is 8.78 Å². The average molecular weight is 344 g/mol. The highest BCUT2D eigenvalue weighted by molar-refractivity contribution is 7.99. The highest BCUT2D eigenvalue weighted by atomic mass is 32.2. The van der Waals surface area contributed by atoms with E-state index in [-0.39, 0.29) is 5.91 Å². The Kier molecular flexibility index (Phi) is 4.76. The summed E-state index contributed by atoms with van der Waals surface area (Å²) in [5.74, 6) is -2.90. The van der Waals surface area contributed by atoms with E-state index in [1.165, 1.54) is 0 Å². The van der Waals surface area contributed by atoms with Gasteiger partial charge in [-0.05, 0) is 31.2 Å². The molecule has 0 aliphatic rings. The molecular formula is C18H14F2N2OS. The molecule has 3 nitrogen and oxygen atoms in total. The Morgan fingerprint density at radius 3 is 2.62 bits per heavy atom. The van der Waals surface area contributed by atoms with E-state index in [1.54, 1.807) is 30.3 Å². The van der Waals surface area contributed by atoms with Crippen LogP contribution in [-0.4, -0.2) is 16.6 Å². The van der Waals surface area contributed by atoms with Crippen molar-refractivity contribution >= 4 is 34.3 Å². The van der Waals surface area contributed by atoms with Crippen molar-refractivity contribution in [2.24, 2.45) is 0 Å². The first-order chi connectivity index (χ1) is 11.5. The van der Waals surface area contributed by atoms with Crippen molar-refractivity contribution in [3.8, 4) is 0 Å². The first-order valence-corrected chi connectivity index (χ1v) is 8.14. The molecule has 0 radical (unpaired) electrons. The minimum Gasteiger partial charge on any atom is -0.321 e. The second-order valence-electron chi connectivity index (χ2n) is 5.16. The van der Waals surface area contributed by atoms with Crippen LogP contribution in [0.5, 0.6) is 0 Å². The van der Waals surface area contributed by atoms with Crippen molar-refractivity contribution < 1.29 is 13.6 Å². The third-order valence-electron chi connectivity index (χ3n) is 3.44. The molecule has 0 atom stereocenters. The number of para-hydroxylation sites is 2. The molecule has 0 saturated heterocycles. The topological polar surface area (TPSA) is 42.0 Å². The largest absolute Gasteiger partial charge is 0.321 e. The predicted octanol–water partition coefficient (Wildman–Crippen LogP) is 5.11. The fraction of sp³-hybridized carbons (Fsp3) is 0.111. The number of fused-ring (bicyclic) bond motifs is 1. The van der Waals surface area contributed by atoms with Crippen molar-refractivity contribution in [2.75, 3.05) is 5.32 Å². The van der Waals surface area contributed by atoms with Crippen LogP contribution in [0.15, 0.2) is 59.5 Å². The van der Waals surface area contributed by atoms with Crippen LogP contribution in [0.25, 0.3) is 10.9 Å². The van der Waals surface area contributed by atoms with Gasteiger partial charge in [-0.3, -0.25) is 9.78 Å². The molecule has 24 heavy (non-hydrogen) atoms. The van der Waals surface area contributed by atoms with Gasteiger partial charge in [0, 0.05) is 16.0 Å². The summed E-state index contributed by atoms with van der Waals surface area (Å²) in [5, 5.41) is 3.45. The predicted molar refractivity (Wildman–Crippen MR) is 92.7 cm³/mol. The second-order valence-corrected chi connectivity index (χ2v) is 6.19. The number of nitrogens with zero attached hydrogens (tertiary/aromatic N) is 1. The van der Waals surface area contributed by atoms with Gasteiger partial charge >= 0.3 is 0 Å². The molecule has 0 aliphatic heterocycles. The Morgan fingerprint density at radius 2 is 1.83 bits per heavy atom. The van der Waals surface area contributed by atoms with Crippen LogP contribution in [0.1, 0.15) is 16.1 Å². The molecule has 0 unspecified atom stereocenters. The molecule has 2 aromatic carbocycles. The molecule has 1 N–H and O–H groups in total. The molecule has 0 fully saturated rings. The van der Waals surface area contributed by atoms with Crippen LogP contribution in [-0.2, 0) is 0 Å². The third kappa shape index (κ3) is 3.54. The number of aromatic nitrogens is 1. The van der Waals surface area contributed by atoms with E-state index in [9.17, 15) is 13.6 Å². The first-order valence-electron chi connectivity index (χ1n) is 7.26. The summed E-state index contributed by atoms with van der Waals surface area (Å²) in [6.45, 7) is 1.81. The number of anilines is 1. The number of pyridine rings is 1.